The van der Waals surface area contributed by atoms with Crippen LogP contribution in [0.5, 0.6) is 0 Å². The Morgan fingerprint density at radius 1 is 1.35 bits per heavy atom. The highest BCUT2D eigenvalue weighted by Gasteiger charge is 2.24. The predicted octanol–water partition coefficient (Wildman–Crippen LogP) is 0.341. The number of rotatable bonds is 4. The number of hydrogen-bond acceptors (Lipinski definition) is 3. The number of hydrogen-bond donors (Lipinski definition) is 3. The second-order valence-corrected chi connectivity index (χ2v) is 5.14. The molecule has 20 heavy (non-hydrogen) atoms. The lowest BCUT2D eigenvalue weighted by atomic mass is 10.0. The van der Waals surface area contributed by atoms with Crippen LogP contribution < -0.4 is 16.4 Å². The zero-order valence-corrected chi connectivity index (χ0v) is 11.5. The van der Waals surface area contributed by atoms with Crippen LogP contribution in [0.25, 0.3) is 0 Å². The molecule has 0 bridgehead atoms. The average Bonchev–Trinajstić information content (AvgIpc) is 2.65. The molecule has 1 aliphatic rings. The molecule has 1 heterocycles. The van der Waals surface area contributed by atoms with Crippen molar-refractivity contribution < 1.29 is 9.59 Å². The first-order chi connectivity index (χ1) is 9.66. The van der Waals surface area contributed by atoms with Crippen LogP contribution in [0.15, 0.2) is 30.3 Å². The Balaban J connectivity index is 1.88. The summed E-state index contributed by atoms with van der Waals surface area (Å²) < 4.78 is 0. The molecule has 1 aromatic carbocycles. The van der Waals surface area contributed by atoms with E-state index in [-0.39, 0.29) is 11.8 Å². The lowest BCUT2D eigenvalue weighted by molar-refractivity contribution is -0.129. The summed E-state index contributed by atoms with van der Waals surface area (Å²) in [5.74, 6) is -0.376. The van der Waals surface area contributed by atoms with Gasteiger partial charge in [0, 0.05) is 6.54 Å². The maximum Gasteiger partial charge on any atom is 0.242 e. The van der Waals surface area contributed by atoms with Gasteiger partial charge in [0.2, 0.25) is 11.8 Å². The van der Waals surface area contributed by atoms with E-state index in [9.17, 15) is 9.59 Å². The largest absolute Gasteiger partial charge is 0.354 e. The summed E-state index contributed by atoms with van der Waals surface area (Å²) in [6.45, 7) is 0.682. The van der Waals surface area contributed by atoms with Crippen molar-refractivity contribution in [2.24, 2.45) is 5.73 Å². The van der Waals surface area contributed by atoms with E-state index in [1.807, 2.05) is 30.3 Å². The monoisotopic (exact) mass is 275 g/mol. The summed E-state index contributed by atoms with van der Waals surface area (Å²) in [6.07, 6.45) is 3.03. The standard InChI is InChI=1S/C15H21N3O2/c16-12(10-11-6-2-1-3-7-11)14(19)18-13-8-4-5-9-17-15(13)20/h1-3,6-7,12-13H,4-5,8-10,16H2,(H,17,20)(H,18,19)/t12-,13?/m0/s1. The molecule has 0 aliphatic carbocycles. The summed E-state index contributed by atoms with van der Waals surface area (Å²) in [4.78, 5) is 23.8. The fraction of sp³-hybridized carbons (Fsp3) is 0.467. The lowest BCUT2D eigenvalue weighted by Gasteiger charge is -2.18. The van der Waals surface area contributed by atoms with Gasteiger partial charge in [0.1, 0.15) is 6.04 Å². The van der Waals surface area contributed by atoms with Gasteiger partial charge in [-0.15, -0.1) is 0 Å². The van der Waals surface area contributed by atoms with Gasteiger partial charge in [0.15, 0.2) is 0 Å². The van der Waals surface area contributed by atoms with Gasteiger partial charge in [-0.3, -0.25) is 9.59 Å². The Morgan fingerprint density at radius 2 is 2.10 bits per heavy atom. The van der Waals surface area contributed by atoms with Crippen molar-refractivity contribution in [1.29, 1.82) is 0 Å². The molecule has 1 fully saturated rings. The molecule has 0 aromatic heterocycles. The van der Waals surface area contributed by atoms with Crippen LogP contribution in [0, 0.1) is 0 Å². The minimum atomic E-state index is -0.631. The molecule has 4 N–H and O–H groups in total. The van der Waals surface area contributed by atoms with Crippen molar-refractivity contribution in [2.75, 3.05) is 6.54 Å². The molecule has 0 radical (unpaired) electrons. The van der Waals surface area contributed by atoms with Gasteiger partial charge < -0.3 is 16.4 Å². The fourth-order valence-corrected chi connectivity index (χ4v) is 2.32. The molecule has 1 unspecified atom stereocenters. The molecular weight excluding hydrogens is 254 g/mol. The van der Waals surface area contributed by atoms with Gasteiger partial charge in [-0.1, -0.05) is 30.3 Å². The molecule has 0 saturated carbocycles. The molecule has 1 saturated heterocycles. The highest BCUT2D eigenvalue weighted by atomic mass is 16.2. The van der Waals surface area contributed by atoms with E-state index in [2.05, 4.69) is 10.6 Å². The Bertz CT molecular complexity index is 461. The second kappa shape index (κ2) is 7.05. The summed E-state index contributed by atoms with van der Waals surface area (Å²) in [5.41, 5.74) is 6.92. The zero-order valence-electron chi connectivity index (χ0n) is 11.5. The van der Waals surface area contributed by atoms with Gasteiger partial charge in [-0.25, -0.2) is 0 Å². The molecular formula is C15H21N3O2. The molecule has 5 heteroatoms. The molecule has 0 spiro atoms. The van der Waals surface area contributed by atoms with E-state index in [1.165, 1.54) is 0 Å². The molecule has 2 rings (SSSR count). The van der Waals surface area contributed by atoms with Crippen molar-refractivity contribution in [3.63, 3.8) is 0 Å². The predicted molar refractivity (Wildman–Crippen MR) is 76.9 cm³/mol. The minimum absolute atomic E-state index is 0.109. The van der Waals surface area contributed by atoms with E-state index < -0.39 is 12.1 Å². The summed E-state index contributed by atoms with van der Waals surface area (Å²) >= 11 is 0. The van der Waals surface area contributed by atoms with Crippen LogP contribution in [-0.4, -0.2) is 30.4 Å². The molecule has 1 aliphatic heterocycles. The summed E-state index contributed by atoms with van der Waals surface area (Å²) in [7, 11) is 0. The number of nitrogens with two attached hydrogens (primary N) is 1. The Hall–Kier alpha value is -1.88. The van der Waals surface area contributed by atoms with Gasteiger partial charge in [-0.2, -0.15) is 0 Å². The minimum Gasteiger partial charge on any atom is -0.354 e. The van der Waals surface area contributed by atoms with Crippen molar-refractivity contribution in [2.45, 2.75) is 37.8 Å². The third-order valence-electron chi connectivity index (χ3n) is 3.49. The Labute approximate surface area is 118 Å². The lowest BCUT2D eigenvalue weighted by Crippen LogP contribution is -2.51. The number of benzene rings is 1. The van der Waals surface area contributed by atoms with E-state index in [1.54, 1.807) is 0 Å². The maximum absolute atomic E-state index is 12.1. The first-order valence-electron chi connectivity index (χ1n) is 7.04. The van der Waals surface area contributed by atoms with Gasteiger partial charge in [-0.05, 0) is 31.2 Å². The smallest absolute Gasteiger partial charge is 0.242 e. The summed E-state index contributed by atoms with van der Waals surface area (Å²) in [5, 5.41) is 5.55. The van der Waals surface area contributed by atoms with Crippen LogP contribution in [0.2, 0.25) is 0 Å². The van der Waals surface area contributed by atoms with Gasteiger partial charge in [0.05, 0.1) is 6.04 Å². The number of carbonyl (C=O) groups excluding carboxylic acids is 2. The normalized spacial score (nSPS) is 20.6. The Kier molecular flexibility index (Phi) is 5.12. The highest BCUT2D eigenvalue weighted by Crippen LogP contribution is 2.07. The van der Waals surface area contributed by atoms with Crippen LogP contribution in [-0.2, 0) is 16.0 Å². The average molecular weight is 275 g/mol. The van der Waals surface area contributed by atoms with E-state index >= 15 is 0 Å². The zero-order chi connectivity index (χ0) is 14.4. The maximum atomic E-state index is 12.1. The van der Waals surface area contributed by atoms with Crippen molar-refractivity contribution in [3.8, 4) is 0 Å². The van der Waals surface area contributed by atoms with Gasteiger partial charge >= 0.3 is 0 Å². The first-order valence-corrected chi connectivity index (χ1v) is 7.04. The molecule has 2 atom stereocenters. The molecule has 108 valence electrons. The number of carbonyl (C=O) groups is 2. The highest BCUT2D eigenvalue weighted by molar-refractivity contribution is 5.89. The van der Waals surface area contributed by atoms with Crippen LogP contribution in [0.4, 0.5) is 0 Å². The molecule has 1 aromatic rings. The summed E-state index contributed by atoms with van der Waals surface area (Å²) in [6, 6.07) is 8.54. The second-order valence-electron chi connectivity index (χ2n) is 5.14. The van der Waals surface area contributed by atoms with Crippen molar-refractivity contribution >= 4 is 11.8 Å². The van der Waals surface area contributed by atoms with Crippen LogP contribution in [0.3, 0.4) is 0 Å². The molecule has 2 amide bonds. The van der Waals surface area contributed by atoms with E-state index in [4.69, 9.17) is 5.73 Å². The third-order valence-corrected chi connectivity index (χ3v) is 3.49. The fourth-order valence-electron chi connectivity index (χ4n) is 2.32. The van der Waals surface area contributed by atoms with Crippen LogP contribution in [0.1, 0.15) is 24.8 Å². The third kappa shape index (κ3) is 4.06. The van der Waals surface area contributed by atoms with E-state index in [0.29, 0.717) is 19.4 Å². The van der Waals surface area contributed by atoms with E-state index in [0.717, 1.165) is 18.4 Å². The van der Waals surface area contributed by atoms with Crippen molar-refractivity contribution in [1.82, 2.24) is 10.6 Å². The first kappa shape index (κ1) is 14.5. The SMILES string of the molecule is N[C@@H](Cc1ccccc1)C(=O)NC1CCCCNC1=O. The van der Waals surface area contributed by atoms with Gasteiger partial charge in [0.25, 0.3) is 0 Å². The quantitative estimate of drug-likeness (QED) is 0.741. The van der Waals surface area contributed by atoms with Crippen molar-refractivity contribution in [3.05, 3.63) is 35.9 Å². The number of amides is 2. The molecule has 5 nitrogen and oxygen atoms in total. The topological polar surface area (TPSA) is 84.2 Å². The number of nitrogens with one attached hydrogen (secondary N) is 2. The Morgan fingerprint density at radius 3 is 2.85 bits per heavy atom. The van der Waals surface area contributed by atoms with Crippen LogP contribution >= 0.6 is 0 Å².